The highest BCUT2D eigenvalue weighted by Gasteiger charge is 2.39. The van der Waals surface area contributed by atoms with Gasteiger partial charge >= 0.3 is 0 Å². The zero-order valence-electron chi connectivity index (χ0n) is 10.2. The molecule has 0 saturated carbocycles. The van der Waals surface area contributed by atoms with E-state index >= 15 is 0 Å². The third-order valence-electron chi connectivity index (χ3n) is 2.97. The number of rotatable bonds is 3. The maximum absolute atomic E-state index is 11.8. The van der Waals surface area contributed by atoms with Crippen molar-refractivity contribution in [2.45, 2.75) is 24.3 Å². The second-order valence-corrected chi connectivity index (χ2v) is 7.23. The standard InChI is InChI=1S/C11H15NO4S2/c1-6-11-9(8(13)5-18(11,15)16)10(14)7(12-6)3-4-17-2/h8,13-14H,3-5H2,1-2H3. The van der Waals surface area contributed by atoms with Crippen molar-refractivity contribution in [2.24, 2.45) is 0 Å². The Balaban J connectivity index is 2.61. The van der Waals surface area contributed by atoms with Crippen molar-refractivity contribution in [2.75, 3.05) is 17.8 Å². The molecule has 0 aromatic carbocycles. The van der Waals surface area contributed by atoms with Gasteiger partial charge in [0.2, 0.25) is 0 Å². The van der Waals surface area contributed by atoms with Crippen LogP contribution in [0.4, 0.5) is 0 Å². The second kappa shape index (κ2) is 4.71. The molecule has 2 heterocycles. The van der Waals surface area contributed by atoms with Crippen molar-refractivity contribution in [3.8, 4) is 5.75 Å². The zero-order chi connectivity index (χ0) is 13.5. The SMILES string of the molecule is CSCCc1nc(C)c2c(c1O)C(O)CS2(=O)=O. The van der Waals surface area contributed by atoms with Gasteiger partial charge in [0.05, 0.1) is 28.1 Å². The van der Waals surface area contributed by atoms with Gasteiger partial charge in [0.25, 0.3) is 0 Å². The molecular formula is C11H15NO4S2. The summed E-state index contributed by atoms with van der Waals surface area (Å²) in [6.45, 7) is 1.59. The van der Waals surface area contributed by atoms with Gasteiger partial charge < -0.3 is 10.2 Å². The van der Waals surface area contributed by atoms with Gasteiger partial charge in [-0.2, -0.15) is 11.8 Å². The van der Waals surface area contributed by atoms with Gasteiger partial charge in [-0.3, -0.25) is 4.98 Å². The number of hydrogen-bond acceptors (Lipinski definition) is 6. The Kier molecular flexibility index (Phi) is 3.57. The van der Waals surface area contributed by atoms with Crippen LogP contribution in [0.3, 0.4) is 0 Å². The minimum Gasteiger partial charge on any atom is -0.506 e. The van der Waals surface area contributed by atoms with E-state index < -0.39 is 15.9 Å². The topological polar surface area (TPSA) is 87.5 Å². The van der Waals surface area contributed by atoms with Crippen LogP contribution in [0.25, 0.3) is 0 Å². The molecule has 1 atom stereocenters. The van der Waals surface area contributed by atoms with Crippen LogP contribution in [-0.4, -0.2) is 41.4 Å². The number of pyridine rings is 1. The molecule has 0 saturated heterocycles. The lowest BCUT2D eigenvalue weighted by Crippen LogP contribution is -2.05. The Bertz CT molecular complexity index is 583. The highest BCUT2D eigenvalue weighted by atomic mass is 32.2. The fourth-order valence-corrected chi connectivity index (χ4v) is 4.42. The van der Waals surface area contributed by atoms with Gasteiger partial charge in [-0.1, -0.05) is 0 Å². The molecule has 1 aliphatic rings. The van der Waals surface area contributed by atoms with Gasteiger partial charge in [0.1, 0.15) is 5.75 Å². The number of sulfone groups is 1. The summed E-state index contributed by atoms with van der Waals surface area (Å²) in [6, 6.07) is 0. The largest absolute Gasteiger partial charge is 0.506 e. The first kappa shape index (κ1) is 13.6. The van der Waals surface area contributed by atoms with E-state index in [4.69, 9.17) is 0 Å². The molecule has 0 aliphatic carbocycles. The molecule has 0 fully saturated rings. The van der Waals surface area contributed by atoms with Crippen LogP contribution in [0.1, 0.15) is 23.1 Å². The highest BCUT2D eigenvalue weighted by molar-refractivity contribution is 7.98. The molecule has 2 N–H and O–H groups in total. The molecule has 100 valence electrons. The quantitative estimate of drug-likeness (QED) is 0.856. The summed E-state index contributed by atoms with van der Waals surface area (Å²) in [6.07, 6.45) is 1.34. The van der Waals surface area contributed by atoms with E-state index in [1.165, 1.54) is 0 Å². The first-order valence-electron chi connectivity index (χ1n) is 5.50. The minimum absolute atomic E-state index is 0.000372. The number of hydrogen-bond donors (Lipinski definition) is 2. The van der Waals surface area contributed by atoms with Crippen LogP contribution in [0.15, 0.2) is 4.90 Å². The van der Waals surface area contributed by atoms with E-state index in [9.17, 15) is 18.6 Å². The van der Waals surface area contributed by atoms with Crippen molar-refractivity contribution < 1.29 is 18.6 Å². The number of fused-ring (bicyclic) bond motifs is 1. The van der Waals surface area contributed by atoms with E-state index in [0.717, 1.165) is 5.75 Å². The van der Waals surface area contributed by atoms with E-state index in [-0.39, 0.29) is 22.0 Å². The Labute approximate surface area is 110 Å². The third-order valence-corrected chi connectivity index (χ3v) is 5.47. The molecule has 7 heteroatoms. The number of aliphatic hydroxyl groups is 1. The average molecular weight is 289 g/mol. The van der Waals surface area contributed by atoms with Crippen molar-refractivity contribution in [1.82, 2.24) is 4.98 Å². The lowest BCUT2D eigenvalue weighted by molar-refractivity contribution is 0.199. The summed E-state index contributed by atoms with van der Waals surface area (Å²) in [5.74, 6) is 0.240. The smallest absolute Gasteiger partial charge is 0.183 e. The highest BCUT2D eigenvalue weighted by Crippen LogP contribution is 2.41. The van der Waals surface area contributed by atoms with Gasteiger partial charge in [0, 0.05) is 12.0 Å². The van der Waals surface area contributed by atoms with Gasteiger partial charge in [-0.15, -0.1) is 0 Å². The normalized spacial score (nSPS) is 20.9. The Hall–Kier alpha value is -0.790. The summed E-state index contributed by atoms with van der Waals surface area (Å²) in [5, 5.41) is 19.9. The van der Waals surface area contributed by atoms with Crippen molar-refractivity contribution in [3.63, 3.8) is 0 Å². The summed E-state index contributed by atoms with van der Waals surface area (Å²) < 4.78 is 23.7. The number of nitrogens with zero attached hydrogens (tertiary/aromatic N) is 1. The Morgan fingerprint density at radius 3 is 2.78 bits per heavy atom. The summed E-state index contributed by atoms with van der Waals surface area (Å²) in [5.41, 5.74) is 0.936. The predicted molar refractivity (Wildman–Crippen MR) is 69.7 cm³/mol. The number of aliphatic hydroxyl groups excluding tert-OH is 1. The molecule has 0 spiro atoms. The maximum atomic E-state index is 11.8. The molecule has 0 bridgehead atoms. The molecule has 1 aliphatic heterocycles. The fraction of sp³-hybridized carbons (Fsp3) is 0.545. The molecular weight excluding hydrogens is 274 g/mol. The number of aryl methyl sites for hydroxylation is 2. The predicted octanol–water partition coefficient (Wildman–Crippen LogP) is 0.822. The Morgan fingerprint density at radius 2 is 2.17 bits per heavy atom. The van der Waals surface area contributed by atoms with Crippen LogP contribution in [0.5, 0.6) is 5.75 Å². The summed E-state index contributed by atoms with van der Waals surface area (Å²) >= 11 is 1.61. The van der Waals surface area contributed by atoms with E-state index in [0.29, 0.717) is 17.8 Å². The minimum atomic E-state index is -3.52. The molecule has 1 aromatic rings. The Morgan fingerprint density at radius 1 is 1.50 bits per heavy atom. The monoisotopic (exact) mass is 289 g/mol. The van der Waals surface area contributed by atoms with Crippen LogP contribution in [0.2, 0.25) is 0 Å². The van der Waals surface area contributed by atoms with Crippen molar-refractivity contribution in [3.05, 3.63) is 17.0 Å². The number of aromatic nitrogens is 1. The average Bonchev–Trinajstić information content (AvgIpc) is 2.52. The van der Waals surface area contributed by atoms with Crippen LogP contribution < -0.4 is 0 Å². The molecule has 0 amide bonds. The second-order valence-electron chi connectivity index (χ2n) is 4.28. The van der Waals surface area contributed by atoms with E-state index in [1.54, 1.807) is 18.7 Å². The van der Waals surface area contributed by atoms with Crippen LogP contribution in [0, 0.1) is 6.92 Å². The molecule has 1 unspecified atom stereocenters. The molecule has 5 nitrogen and oxygen atoms in total. The molecule has 1 aromatic heterocycles. The van der Waals surface area contributed by atoms with Gasteiger partial charge in [-0.25, -0.2) is 8.42 Å². The third kappa shape index (κ3) is 2.10. The molecule has 2 rings (SSSR count). The van der Waals surface area contributed by atoms with Crippen molar-refractivity contribution >= 4 is 21.6 Å². The maximum Gasteiger partial charge on any atom is 0.183 e. The fourth-order valence-electron chi connectivity index (χ4n) is 2.21. The molecule has 0 radical (unpaired) electrons. The lowest BCUT2D eigenvalue weighted by Gasteiger charge is -2.11. The van der Waals surface area contributed by atoms with E-state index in [1.807, 2.05) is 6.26 Å². The molecule has 18 heavy (non-hydrogen) atoms. The summed E-state index contributed by atoms with van der Waals surface area (Å²) in [7, 11) is -3.52. The van der Waals surface area contributed by atoms with Gasteiger partial charge in [-0.05, 0) is 18.9 Å². The van der Waals surface area contributed by atoms with Gasteiger partial charge in [0.15, 0.2) is 9.84 Å². The number of thioether (sulfide) groups is 1. The van der Waals surface area contributed by atoms with E-state index in [2.05, 4.69) is 4.98 Å². The summed E-state index contributed by atoms with van der Waals surface area (Å²) in [4.78, 5) is 4.16. The van der Waals surface area contributed by atoms with Crippen LogP contribution in [-0.2, 0) is 16.3 Å². The first-order valence-corrected chi connectivity index (χ1v) is 8.55. The van der Waals surface area contributed by atoms with Crippen LogP contribution >= 0.6 is 11.8 Å². The van der Waals surface area contributed by atoms with Crippen molar-refractivity contribution in [1.29, 1.82) is 0 Å². The lowest BCUT2D eigenvalue weighted by atomic mass is 10.1. The zero-order valence-corrected chi connectivity index (χ0v) is 11.8. The first-order chi connectivity index (χ1) is 8.38. The number of aromatic hydroxyl groups is 1.